The Morgan fingerprint density at radius 2 is 1.87 bits per heavy atom. The van der Waals surface area contributed by atoms with Crippen LogP contribution in [-0.2, 0) is 4.79 Å². The minimum Gasteiger partial charge on any atom is -0.436 e. The molecule has 156 valence electrons. The van der Waals surface area contributed by atoms with Gasteiger partial charge in [0.1, 0.15) is 11.6 Å². The number of fused-ring (bicyclic) bond motifs is 1. The van der Waals surface area contributed by atoms with Crippen LogP contribution in [-0.4, -0.2) is 34.3 Å². The van der Waals surface area contributed by atoms with Crippen LogP contribution in [0.5, 0.6) is 0 Å². The maximum atomic E-state index is 13.0. The summed E-state index contributed by atoms with van der Waals surface area (Å²) >= 11 is 1.41. The molecule has 0 saturated carbocycles. The monoisotopic (exact) mass is 431 g/mol. The van der Waals surface area contributed by atoms with Crippen molar-refractivity contribution in [3.63, 3.8) is 0 Å². The zero-order valence-corrected chi connectivity index (χ0v) is 17.6. The number of carbonyl (C=O) groups is 2. The van der Waals surface area contributed by atoms with Crippen molar-refractivity contribution >= 4 is 39.9 Å². The van der Waals surface area contributed by atoms with Gasteiger partial charge in [-0.3, -0.25) is 9.59 Å². The molecular formula is C24H21N3O3S. The van der Waals surface area contributed by atoms with Gasteiger partial charge in [-0.2, -0.15) is 0 Å². The molecule has 0 radical (unpaired) electrons. The average Bonchev–Trinajstić information content (AvgIpc) is 3.49. The second-order valence-electron chi connectivity index (χ2n) is 7.54. The first kappa shape index (κ1) is 19.5. The van der Waals surface area contributed by atoms with E-state index >= 15 is 0 Å². The van der Waals surface area contributed by atoms with Gasteiger partial charge in [0.2, 0.25) is 11.8 Å². The molecule has 1 fully saturated rings. The van der Waals surface area contributed by atoms with Gasteiger partial charge in [-0.1, -0.05) is 18.2 Å². The SMILES string of the molecule is O=C(Nc1ccc(-c2nc3ccccc3o2)cc1)[C@H]1CCCCN1C(=O)c1cccs1. The van der Waals surface area contributed by atoms with Gasteiger partial charge in [-0.25, -0.2) is 4.98 Å². The molecule has 0 spiro atoms. The van der Waals surface area contributed by atoms with Crippen LogP contribution >= 0.6 is 11.3 Å². The van der Waals surface area contributed by atoms with Crippen LogP contribution in [0.4, 0.5) is 5.69 Å². The number of likely N-dealkylation sites (tertiary alicyclic amines) is 1. The molecule has 6 nitrogen and oxygen atoms in total. The van der Waals surface area contributed by atoms with E-state index in [9.17, 15) is 9.59 Å². The third kappa shape index (κ3) is 3.96. The van der Waals surface area contributed by atoms with Gasteiger partial charge < -0.3 is 14.6 Å². The lowest BCUT2D eigenvalue weighted by atomic mass is 10.0. The number of aromatic nitrogens is 1. The summed E-state index contributed by atoms with van der Waals surface area (Å²) in [4.78, 5) is 32.7. The highest BCUT2D eigenvalue weighted by Gasteiger charge is 2.33. The lowest BCUT2D eigenvalue weighted by Crippen LogP contribution is -2.49. The van der Waals surface area contributed by atoms with Crippen LogP contribution in [0, 0.1) is 0 Å². The van der Waals surface area contributed by atoms with Crippen molar-refractivity contribution in [1.29, 1.82) is 0 Å². The van der Waals surface area contributed by atoms with Crippen molar-refractivity contribution in [2.24, 2.45) is 0 Å². The lowest BCUT2D eigenvalue weighted by Gasteiger charge is -2.34. The van der Waals surface area contributed by atoms with E-state index in [1.807, 2.05) is 60.0 Å². The number of carbonyl (C=O) groups excluding carboxylic acids is 2. The molecule has 0 aliphatic carbocycles. The van der Waals surface area contributed by atoms with E-state index in [4.69, 9.17) is 4.42 Å². The van der Waals surface area contributed by atoms with E-state index in [1.165, 1.54) is 11.3 Å². The molecule has 2 aromatic heterocycles. The van der Waals surface area contributed by atoms with E-state index < -0.39 is 6.04 Å². The molecule has 31 heavy (non-hydrogen) atoms. The molecule has 2 amide bonds. The molecule has 1 aliphatic heterocycles. The molecule has 1 atom stereocenters. The maximum absolute atomic E-state index is 13.0. The molecule has 3 heterocycles. The number of hydrogen-bond acceptors (Lipinski definition) is 5. The van der Waals surface area contributed by atoms with Crippen LogP contribution < -0.4 is 5.32 Å². The molecule has 2 aromatic carbocycles. The van der Waals surface area contributed by atoms with Gasteiger partial charge in [-0.15, -0.1) is 11.3 Å². The number of nitrogens with one attached hydrogen (secondary N) is 1. The summed E-state index contributed by atoms with van der Waals surface area (Å²) < 4.78 is 5.80. The van der Waals surface area contributed by atoms with Gasteiger partial charge in [-0.05, 0) is 67.1 Å². The summed E-state index contributed by atoms with van der Waals surface area (Å²) in [5.41, 5.74) is 3.06. The Balaban J connectivity index is 1.30. The van der Waals surface area contributed by atoms with Gasteiger partial charge in [0, 0.05) is 17.8 Å². The predicted octanol–water partition coefficient (Wildman–Crippen LogP) is 5.19. The van der Waals surface area contributed by atoms with E-state index in [-0.39, 0.29) is 11.8 Å². The van der Waals surface area contributed by atoms with Crippen LogP contribution in [0.3, 0.4) is 0 Å². The lowest BCUT2D eigenvalue weighted by molar-refractivity contribution is -0.121. The summed E-state index contributed by atoms with van der Waals surface area (Å²) in [6, 6.07) is 18.2. The zero-order chi connectivity index (χ0) is 21.2. The second kappa shape index (κ2) is 8.35. The minimum atomic E-state index is -0.458. The highest BCUT2D eigenvalue weighted by molar-refractivity contribution is 7.12. The van der Waals surface area contributed by atoms with Crippen molar-refractivity contribution in [3.8, 4) is 11.5 Å². The van der Waals surface area contributed by atoms with Crippen molar-refractivity contribution in [2.75, 3.05) is 11.9 Å². The fraction of sp³-hybridized carbons (Fsp3) is 0.208. The molecule has 0 unspecified atom stereocenters. The molecule has 4 aromatic rings. The molecule has 1 saturated heterocycles. The van der Waals surface area contributed by atoms with Crippen LogP contribution in [0.25, 0.3) is 22.6 Å². The number of benzene rings is 2. The molecule has 1 N–H and O–H groups in total. The second-order valence-corrected chi connectivity index (χ2v) is 8.49. The Kier molecular flexibility index (Phi) is 5.26. The van der Waals surface area contributed by atoms with E-state index in [0.717, 1.165) is 29.5 Å². The number of nitrogens with zero attached hydrogens (tertiary/aromatic N) is 2. The number of amides is 2. The fourth-order valence-electron chi connectivity index (χ4n) is 3.91. The van der Waals surface area contributed by atoms with Crippen molar-refractivity contribution < 1.29 is 14.0 Å². The van der Waals surface area contributed by atoms with Crippen molar-refractivity contribution in [3.05, 3.63) is 70.9 Å². The largest absolute Gasteiger partial charge is 0.436 e. The van der Waals surface area contributed by atoms with Gasteiger partial charge >= 0.3 is 0 Å². The first-order valence-electron chi connectivity index (χ1n) is 10.3. The Morgan fingerprint density at radius 1 is 1.03 bits per heavy atom. The number of hydrogen-bond donors (Lipinski definition) is 1. The van der Waals surface area contributed by atoms with E-state index in [0.29, 0.717) is 29.4 Å². The van der Waals surface area contributed by atoms with E-state index in [2.05, 4.69) is 10.3 Å². The third-order valence-corrected chi connectivity index (χ3v) is 6.35. The Bertz CT molecular complexity index is 1180. The first-order valence-corrected chi connectivity index (χ1v) is 11.2. The number of thiophene rings is 1. The molecule has 5 rings (SSSR count). The highest BCUT2D eigenvalue weighted by Crippen LogP contribution is 2.26. The highest BCUT2D eigenvalue weighted by atomic mass is 32.1. The smallest absolute Gasteiger partial charge is 0.264 e. The topological polar surface area (TPSA) is 75.4 Å². The summed E-state index contributed by atoms with van der Waals surface area (Å²) in [7, 11) is 0. The minimum absolute atomic E-state index is 0.0684. The van der Waals surface area contributed by atoms with Crippen molar-refractivity contribution in [1.82, 2.24) is 9.88 Å². The number of para-hydroxylation sites is 2. The van der Waals surface area contributed by atoms with E-state index in [1.54, 1.807) is 11.0 Å². The number of rotatable bonds is 4. The summed E-state index contributed by atoms with van der Waals surface area (Å²) in [6.07, 6.45) is 2.52. The van der Waals surface area contributed by atoms with Gasteiger partial charge in [0.25, 0.3) is 5.91 Å². The van der Waals surface area contributed by atoms with Crippen LogP contribution in [0.15, 0.2) is 70.5 Å². The molecular weight excluding hydrogens is 410 g/mol. The number of oxazole rings is 1. The fourth-order valence-corrected chi connectivity index (χ4v) is 4.59. The van der Waals surface area contributed by atoms with Crippen LogP contribution in [0.2, 0.25) is 0 Å². The molecule has 7 heteroatoms. The average molecular weight is 432 g/mol. The maximum Gasteiger partial charge on any atom is 0.264 e. The quantitative estimate of drug-likeness (QED) is 0.482. The third-order valence-electron chi connectivity index (χ3n) is 5.49. The predicted molar refractivity (Wildman–Crippen MR) is 121 cm³/mol. The van der Waals surface area contributed by atoms with Gasteiger partial charge in [0.05, 0.1) is 4.88 Å². The molecule has 0 bridgehead atoms. The van der Waals surface area contributed by atoms with Crippen molar-refractivity contribution in [2.45, 2.75) is 25.3 Å². The summed E-state index contributed by atoms with van der Waals surface area (Å²) in [5.74, 6) is 0.319. The summed E-state index contributed by atoms with van der Waals surface area (Å²) in [6.45, 7) is 0.603. The Hall–Kier alpha value is -3.45. The summed E-state index contributed by atoms with van der Waals surface area (Å²) in [5, 5.41) is 4.85. The Morgan fingerprint density at radius 3 is 2.65 bits per heavy atom. The molecule has 1 aliphatic rings. The number of anilines is 1. The number of piperidine rings is 1. The zero-order valence-electron chi connectivity index (χ0n) is 16.8. The first-order chi connectivity index (χ1) is 15.2. The Labute approximate surface area is 183 Å². The normalized spacial score (nSPS) is 16.4. The van der Waals surface area contributed by atoms with Gasteiger partial charge in [0.15, 0.2) is 5.58 Å². The van der Waals surface area contributed by atoms with Crippen LogP contribution in [0.1, 0.15) is 28.9 Å². The standard InChI is InChI=1S/C24H21N3O3S/c28-22(19-7-3-4-14-27(19)24(29)21-9-5-15-31-21)25-17-12-10-16(11-13-17)23-26-18-6-1-2-8-20(18)30-23/h1-2,5-6,8-13,15,19H,3-4,7,14H2,(H,25,28)/t19-/m1/s1.